The van der Waals surface area contributed by atoms with Gasteiger partial charge in [0.2, 0.25) is 0 Å². The fraction of sp³-hybridized carbons (Fsp3) is 0.929. The van der Waals surface area contributed by atoms with Crippen LogP contribution < -0.4 is 0 Å². The summed E-state index contributed by atoms with van der Waals surface area (Å²) in [6, 6.07) is 0. The van der Waals surface area contributed by atoms with Crippen LogP contribution in [0.1, 0.15) is 44.9 Å². The fourth-order valence-corrected chi connectivity index (χ4v) is 5.20. The van der Waals surface area contributed by atoms with Crippen LogP contribution in [0, 0.1) is 23.2 Å². The van der Waals surface area contributed by atoms with Gasteiger partial charge in [-0.15, -0.1) is 0 Å². The molecule has 0 spiro atoms. The molecule has 4 aliphatic carbocycles. The van der Waals surface area contributed by atoms with Gasteiger partial charge >= 0.3 is 5.97 Å². The predicted octanol–water partition coefficient (Wildman–Crippen LogP) is 4.51. The Hall–Kier alpha value is 0.340. The van der Waals surface area contributed by atoms with Crippen LogP contribution in [-0.2, 0) is 9.53 Å². The van der Waals surface area contributed by atoms with Crippen molar-refractivity contribution in [3.05, 3.63) is 0 Å². The summed E-state index contributed by atoms with van der Waals surface area (Å²) in [4.78, 5) is 11.4. The Bertz CT molecular complexity index is 340. The lowest BCUT2D eigenvalue weighted by Crippen LogP contribution is -2.46. The highest BCUT2D eigenvalue weighted by Gasteiger charge is 2.50. The van der Waals surface area contributed by atoms with Gasteiger partial charge in [0.05, 0.1) is 6.61 Å². The zero-order chi connectivity index (χ0) is 13.7. The van der Waals surface area contributed by atoms with Crippen LogP contribution in [0.15, 0.2) is 0 Å². The first kappa shape index (κ1) is 14.3. The molecule has 5 heteroatoms. The number of rotatable bonds is 3. The van der Waals surface area contributed by atoms with Gasteiger partial charge in [-0.25, -0.2) is 4.79 Å². The summed E-state index contributed by atoms with van der Waals surface area (Å²) >= 11 is 16.5. The maximum atomic E-state index is 11.4. The van der Waals surface area contributed by atoms with Gasteiger partial charge in [-0.1, -0.05) is 34.8 Å². The van der Waals surface area contributed by atoms with Crippen molar-refractivity contribution >= 4 is 40.8 Å². The van der Waals surface area contributed by atoms with Crippen molar-refractivity contribution in [2.75, 3.05) is 6.61 Å². The first-order valence-electron chi connectivity index (χ1n) is 7.10. The smallest absolute Gasteiger partial charge is 0.358 e. The maximum absolute atomic E-state index is 11.4. The highest BCUT2D eigenvalue weighted by Crippen LogP contribution is 2.61. The van der Waals surface area contributed by atoms with Crippen LogP contribution in [0.5, 0.6) is 0 Å². The van der Waals surface area contributed by atoms with E-state index in [1.807, 2.05) is 0 Å². The molecule has 0 aromatic carbocycles. The summed E-state index contributed by atoms with van der Waals surface area (Å²) in [6.45, 7) is 0.388. The lowest BCUT2D eigenvalue weighted by atomic mass is 9.49. The number of alkyl halides is 3. The molecule has 0 heterocycles. The van der Waals surface area contributed by atoms with Crippen molar-refractivity contribution in [3.63, 3.8) is 0 Å². The van der Waals surface area contributed by atoms with E-state index in [1.165, 1.54) is 38.5 Å². The Morgan fingerprint density at radius 2 is 1.53 bits per heavy atom. The first-order valence-corrected chi connectivity index (χ1v) is 8.24. The van der Waals surface area contributed by atoms with Gasteiger partial charge in [0.1, 0.15) is 0 Å². The van der Waals surface area contributed by atoms with Crippen molar-refractivity contribution in [2.24, 2.45) is 23.2 Å². The molecule has 4 bridgehead atoms. The number of carbonyl (C=O) groups excluding carboxylic acids is 1. The maximum Gasteiger partial charge on any atom is 0.358 e. The van der Waals surface area contributed by atoms with E-state index in [0.717, 1.165) is 24.2 Å². The topological polar surface area (TPSA) is 26.3 Å². The molecule has 4 aliphatic rings. The molecule has 2 nitrogen and oxygen atoms in total. The van der Waals surface area contributed by atoms with Gasteiger partial charge in [0.15, 0.2) is 0 Å². The third-order valence-corrected chi connectivity index (χ3v) is 5.72. The average molecular weight is 326 g/mol. The number of ether oxygens (including phenoxy) is 1. The molecule has 0 aromatic heterocycles. The van der Waals surface area contributed by atoms with E-state index in [-0.39, 0.29) is 0 Å². The molecule has 4 rings (SSSR count). The zero-order valence-electron chi connectivity index (χ0n) is 10.8. The van der Waals surface area contributed by atoms with Gasteiger partial charge in [0, 0.05) is 0 Å². The molecule has 4 fully saturated rings. The monoisotopic (exact) mass is 324 g/mol. The number of carbonyl (C=O) groups is 1. The van der Waals surface area contributed by atoms with Gasteiger partial charge < -0.3 is 4.74 Å². The molecule has 108 valence electrons. The van der Waals surface area contributed by atoms with Crippen molar-refractivity contribution < 1.29 is 9.53 Å². The van der Waals surface area contributed by atoms with E-state index >= 15 is 0 Å². The Balaban J connectivity index is 1.54. The number of esters is 1. The van der Waals surface area contributed by atoms with Gasteiger partial charge in [0.25, 0.3) is 3.79 Å². The van der Waals surface area contributed by atoms with Crippen LogP contribution in [0.4, 0.5) is 0 Å². The zero-order valence-corrected chi connectivity index (χ0v) is 13.1. The second-order valence-corrected chi connectivity index (χ2v) is 9.08. The highest BCUT2D eigenvalue weighted by molar-refractivity contribution is 6.75. The third-order valence-electron chi connectivity index (χ3n) is 5.26. The Labute approximate surface area is 129 Å². The summed E-state index contributed by atoms with van der Waals surface area (Å²) in [5, 5.41) is 0. The molecule has 0 atom stereocenters. The molecule has 0 aromatic rings. The Kier molecular flexibility index (Phi) is 3.73. The van der Waals surface area contributed by atoms with E-state index in [2.05, 4.69) is 0 Å². The Morgan fingerprint density at radius 1 is 1.05 bits per heavy atom. The van der Waals surface area contributed by atoms with E-state index in [4.69, 9.17) is 39.5 Å². The average Bonchev–Trinajstić information content (AvgIpc) is 2.25. The van der Waals surface area contributed by atoms with Crippen molar-refractivity contribution in [1.29, 1.82) is 0 Å². The third kappa shape index (κ3) is 3.01. The van der Waals surface area contributed by atoms with Crippen molar-refractivity contribution in [1.82, 2.24) is 0 Å². The second-order valence-electron chi connectivity index (χ2n) is 6.80. The van der Waals surface area contributed by atoms with E-state index in [0.29, 0.717) is 12.0 Å². The van der Waals surface area contributed by atoms with Gasteiger partial charge in [-0.3, -0.25) is 0 Å². The van der Waals surface area contributed by atoms with Crippen LogP contribution in [0.2, 0.25) is 0 Å². The first-order chi connectivity index (χ1) is 8.86. The molecule has 0 N–H and O–H groups in total. The standard InChI is InChI=1S/C14H19Cl3O2/c15-14(16,17)12(18)19-2-1-13-6-9-3-10(7-13)5-11(4-9)8-13/h9-11H,1-8H2. The summed E-state index contributed by atoms with van der Waals surface area (Å²) in [5.41, 5.74) is 0.405. The van der Waals surface area contributed by atoms with Crippen LogP contribution in [0.3, 0.4) is 0 Å². The number of hydrogen-bond acceptors (Lipinski definition) is 2. The summed E-state index contributed by atoms with van der Waals surface area (Å²) in [5.74, 6) is 1.99. The SMILES string of the molecule is O=C(OCCC12CC3CC(CC(C3)C1)C2)C(Cl)(Cl)Cl. The molecular formula is C14H19Cl3O2. The van der Waals surface area contributed by atoms with Gasteiger partial charge in [-0.2, -0.15) is 0 Å². The molecule has 4 saturated carbocycles. The number of hydrogen-bond donors (Lipinski definition) is 0. The second kappa shape index (κ2) is 4.96. The Morgan fingerprint density at radius 3 is 1.95 bits per heavy atom. The van der Waals surface area contributed by atoms with E-state index in [1.54, 1.807) is 0 Å². The fourth-order valence-electron chi connectivity index (χ4n) is 5.04. The van der Waals surface area contributed by atoms with Crippen molar-refractivity contribution in [2.45, 2.75) is 48.7 Å². The number of halogens is 3. The molecule has 0 amide bonds. The predicted molar refractivity (Wildman–Crippen MR) is 76.5 cm³/mol. The minimum atomic E-state index is -1.94. The molecule has 0 aliphatic heterocycles. The molecule has 0 radical (unpaired) electrons. The largest absolute Gasteiger partial charge is 0.463 e. The van der Waals surface area contributed by atoms with Crippen molar-refractivity contribution in [3.8, 4) is 0 Å². The van der Waals surface area contributed by atoms with Crippen LogP contribution in [-0.4, -0.2) is 16.4 Å². The van der Waals surface area contributed by atoms with E-state index in [9.17, 15) is 4.79 Å². The van der Waals surface area contributed by atoms with Gasteiger partial charge in [-0.05, 0) is 68.1 Å². The van der Waals surface area contributed by atoms with E-state index < -0.39 is 9.76 Å². The van der Waals surface area contributed by atoms with Crippen LogP contribution >= 0.6 is 34.8 Å². The quantitative estimate of drug-likeness (QED) is 0.564. The minimum Gasteiger partial charge on any atom is -0.463 e. The normalized spacial score (nSPS) is 40.5. The molecule has 0 saturated heterocycles. The molecular weight excluding hydrogens is 307 g/mol. The summed E-state index contributed by atoms with van der Waals surface area (Å²) < 4.78 is 3.17. The lowest BCUT2D eigenvalue weighted by molar-refractivity contribution is -0.145. The van der Waals surface area contributed by atoms with Crippen LogP contribution in [0.25, 0.3) is 0 Å². The minimum absolute atomic E-state index is 0.388. The molecule has 0 unspecified atom stereocenters. The summed E-state index contributed by atoms with van der Waals surface area (Å²) in [7, 11) is 0. The highest BCUT2D eigenvalue weighted by atomic mass is 35.6. The lowest BCUT2D eigenvalue weighted by Gasteiger charge is -2.57. The molecule has 19 heavy (non-hydrogen) atoms. The summed E-state index contributed by atoms with van der Waals surface area (Å²) in [6.07, 6.45) is 9.13.